The number of benzene rings is 1. The molecule has 0 saturated carbocycles. The van der Waals surface area contributed by atoms with E-state index in [0.29, 0.717) is 6.42 Å². The van der Waals surface area contributed by atoms with Crippen molar-refractivity contribution < 1.29 is 9.59 Å². The van der Waals surface area contributed by atoms with Crippen LogP contribution in [-0.2, 0) is 9.59 Å². The van der Waals surface area contributed by atoms with Crippen LogP contribution in [-0.4, -0.2) is 11.8 Å². The lowest BCUT2D eigenvalue weighted by molar-refractivity contribution is -0.119. The number of amides is 2. The summed E-state index contributed by atoms with van der Waals surface area (Å²) in [4.78, 5) is 24.1. The van der Waals surface area contributed by atoms with Crippen LogP contribution in [0.15, 0.2) is 24.3 Å². The third-order valence-corrected chi connectivity index (χ3v) is 6.95. The van der Waals surface area contributed by atoms with Crippen LogP contribution in [0, 0.1) is 5.92 Å². The summed E-state index contributed by atoms with van der Waals surface area (Å²) in [6, 6.07) is 7.37. The van der Waals surface area contributed by atoms with Gasteiger partial charge in [0.1, 0.15) is 0 Å². The van der Waals surface area contributed by atoms with Gasteiger partial charge in [-0.25, -0.2) is 0 Å². The molecule has 206 valence electrons. The summed E-state index contributed by atoms with van der Waals surface area (Å²) in [6.07, 6.45) is 26.3. The second-order valence-electron chi connectivity index (χ2n) is 10.9. The van der Waals surface area contributed by atoms with Crippen LogP contribution in [0.2, 0.25) is 0 Å². The largest absolute Gasteiger partial charge is 0.326 e. The van der Waals surface area contributed by atoms with Gasteiger partial charge in [0.2, 0.25) is 11.8 Å². The van der Waals surface area contributed by atoms with E-state index in [4.69, 9.17) is 0 Å². The van der Waals surface area contributed by atoms with Gasteiger partial charge in [-0.3, -0.25) is 9.59 Å². The number of hydrogen-bond acceptors (Lipinski definition) is 2. The molecule has 1 aromatic carbocycles. The molecule has 0 unspecified atom stereocenters. The van der Waals surface area contributed by atoms with Crippen molar-refractivity contribution in [3.63, 3.8) is 0 Å². The lowest BCUT2D eigenvalue weighted by Crippen LogP contribution is -2.18. The fourth-order valence-electron chi connectivity index (χ4n) is 4.55. The van der Waals surface area contributed by atoms with Crippen LogP contribution in [0.1, 0.15) is 149 Å². The molecule has 0 heterocycles. The number of carbonyl (C=O) groups excluding carboxylic acids is 2. The minimum absolute atomic E-state index is 0.0208. The van der Waals surface area contributed by atoms with E-state index in [-0.39, 0.29) is 17.7 Å². The number of unbranched alkanes of at least 4 members (excludes halogenated alkanes) is 18. The van der Waals surface area contributed by atoms with Crippen LogP contribution in [0.3, 0.4) is 0 Å². The number of carbonyl (C=O) groups is 2. The van der Waals surface area contributed by atoms with E-state index < -0.39 is 0 Å². The number of nitrogens with one attached hydrogen (secondary N) is 2. The molecule has 0 aliphatic rings. The molecule has 1 rings (SSSR count). The monoisotopic (exact) mass is 500 g/mol. The van der Waals surface area contributed by atoms with E-state index in [2.05, 4.69) is 17.6 Å². The quantitative estimate of drug-likeness (QED) is 0.147. The van der Waals surface area contributed by atoms with Gasteiger partial charge in [-0.2, -0.15) is 0 Å². The summed E-state index contributed by atoms with van der Waals surface area (Å²) < 4.78 is 0. The first-order valence-corrected chi connectivity index (χ1v) is 15.2. The summed E-state index contributed by atoms with van der Waals surface area (Å²) >= 11 is 0. The zero-order valence-corrected chi connectivity index (χ0v) is 23.8. The van der Waals surface area contributed by atoms with Gasteiger partial charge in [0.15, 0.2) is 0 Å². The average molecular weight is 501 g/mol. The van der Waals surface area contributed by atoms with Crippen molar-refractivity contribution in [2.45, 2.75) is 149 Å². The van der Waals surface area contributed by atoms with Crippen molar-refractivity contribution in [2.24, 2.45) is 5.92 Å². The molecule has 0 atom stereocenters. The van der Waals surface area contributed by atoms with Gasteiger partial charge in [-0.05, 0) is 24.6 Å². The summed E-state index contributed by atoms with van der Waals surface area (Å²) in [5, 5.41) is 5.82. The molecule has 0 aromatic heterocycles. The molecule has 0 radical (unpaired) electrons. The van der Waals surface area contributed by atoms with Crippen LogP contribution < -0.4 is 10.6 Å². The van der Waals surface area contributed by atoms with Gasteiger partial charge < -0.3 is 10.6 Å². The van der Waals surface area contributed by atoms with Gasteiger partial charge in [0.05, 0.1) is 0 Å². The molecule has 4 heteroatoms. The molecule has 0 saturated heterocycles. The van der Waals surface area contributed by atoms with Crippen LogP contribution >= 0.6 is 0 Å². The molecule has 4 nitrogen and oxygen atoms in total. The van der Waals surface area contributed by atoms with E-state index in [1.54, 1.807) is 0 Å². The molecule has 2 N–H and O–H groups in total. The Balaban J connectivity index is 1.89. The van der Waals surface area contributed by atoms with Crippen LogP contribution in [0.5, 0.6) is 0 Å². The molecule has 1 aromatic rings. The minimum atomic E-state index is -0.0716. The highest BCUT2D eigenvalue weighted by atomic mass is 16.2. The first-order valence-electron chi connectivity index (χ1n) is 15.2. The Morgan fingerprint density at radius 1 is 0.611 bits per heavy atom. The van der Waals surface area contributed by atoms with Crippen molar-refractivity contribution in [1.29, 1.82) is 0 Å². The Morgan fingerprint density at radius 2 is 1.00 bits per heavy atom. The number of anilines is 2. The van der Waals surface area contributed by atoms with Gasteiger partial charge in [-0.1, -0.05) is 142 Å². The smallest absolute Gasteiger partial charge is 0.226 e. The SMILES string of the molecule is CCCCCCCCCCCCCCCCCCCCCC(=O)Nc1cccc(NC(=O)C(C)C)c1. The predicted octanol–water partition coefficient (Wildman–Crippen LogP) is 10.0. The summed E-state index contributed by atoms with van der Waals surface area (Å²) in [7, 11) is 0. The van der Waals surface area contributed by atoms with E-state index in [9.17, 15) is 9.59 Å². The number of hydrogen-bond donors (Lipinski definition) is 2. The summed E-state index contributed by atoms with van der Waals surface area (Å²) in [5.41, 5.74) is 1.45. The number of rotatable bonds is 23. The zero-order valence-electron chi connectivity index (χ0n) is 23.8. The maximum absolute atomic E-state index is 12.2. The van der Waals surface area contributed by atoms with Gasteiger partial charge >= 0.3 is 0 Å². The van der Waals surface area contributed by atoms with Gasteiger partial charge in [0.25, 0.3) is 0 Å². The molecular formula is C32H56N2O2. The molecule has 0 spiro atoms. The first kappa shape index (κ1) is 32.2. The highest BCUT2D eigenvalue weighted by Gasteiger charge is 2.08. The third-order valence-electron chi connectivity index (χ3n) is 6.95. The lowest BCUT2D eigenvalue weighted by Gasteiger charge is -2.10. The van der Waals surface area contributed by atoms with Crippen molar-refractivity contribution in [2.75, 3.05) is 10.6 Å². The molecular weight excluding hydrogens is 444 g/mol. The Morgan fingerprint density at radius 3 is 1.42 bits per heavy atom. The second-order valence-corrected chi connectivity index (χ2v) is 10.9. The van der Waals surface area contributed by atoms with Crippen molar-refractivity contribution in [1.82, 2.24) is 0 Å². The summed E-state index contributed by atoms with van der Waals surface area (Å²) in [6.45, 7) is 6.01. The van der Waals surface area contributed by atoms with E-state index in [1.807, 2.05) is 38.1 Å². The van der Waals surface area contributed by atoms with E-state index >= 15 is 0 Å². The lowest BCUT2D eigenvalue weighted by atomic mass is 10.0. The highest BCUT2D eigenvalue weighted by molar-refractivity contribution is 5.94. The molecule has 0 aliphatic carbocycles. The highest BCUT2D eigenvalue weighted by Crippen LogP contribution is 2.18. The van der Waals surface area contributed by atoms with Crippen molar-refractivity contribution in [3.8, 4) is 0 Å². The Labute approximate surface area is 222 Å². The molecule has 36 heavy (non-hydrogen) atoms. The van der Waals surface area contributed by atoms with Crippen LogP contribution in [0.25, 0.3) is 0 Å². The zero-order chi connectivity index (χ0) is 26.3. The van der Waals surface area contributed by atoms with Gasteiger partial charge in [-0.15, -0.1) is 0 Å². The topological polar surface area (TPSA) is 58.2 Å². The predicted molar refractivity (Wildman–Crippen MR) is 157 cm³/mol. The molecule has 0 fully saturated rings. The van der Waals surface area contributed by atoms with E-state index in [1.165, 1.54) is 109 Å². The Bertz CT molecular complexity index is 686. The maximum atomic E-state index is 12.2. The van der Waals surface area contributed by atoms with E-state index in [0.717, 1.165) is 24.2 Å². The van der Waals surface area contributed by atoms with Crippen LogP contribution in [0.4, 0.5) is 11.4 Å². The minimum Gasteiger partial charge on any atom is -0.326 e. The third kappa shape index (κ3) is 18.4. The molecule has 2 amide bonds. The molecule has 0 aliphatic heterocycles. The second kappa shape index (κ2) is 22.4. The fourth-order valence-corrected chi connectivity index (χ4v) is 4.55. The van der Waals surface area contributed by atoms with Crippen molar-refractivity contribution >= 4 is 23.2 Å². The van der Waals surface area contributed by atoms with Gasteiger partial charge in [0, 0.05) is 23.7 Å². The summed E-state index contributed by atoms with van der Waals surface area (Å²) in [5.74, 6) is -0.0421. The fraction of sp³-hybridized carbons (Fsp3) is 0.750. The normalized spacial score (nSPS) is 11.1. The average Bonchev–Trinajstić information content (AvgIpc) is 2.85. The Hall–Kier alpha value is -1.84. The molecule has 0 bridgehead atoms. The van der Waals surface area contributed by atoms with Crippen molar-refractivity contribution in [3.05, 3.63) is 24.3 Å². The standard InChI is InChI=1S/C32H56N2O2/c1-4-5-6-7-8-9-10-11-12-13-14-15-16-17-18-19-20-21-22-26-31(35)33-29-24-23-25-30(27-29)34-32(36)28(2)3/h23-25,27-28H,4-22,26H2,1-3H3,(H,33,35)(H,34,36). The maximum Gasteiger partial charge on any atom is 0.226 e. The first-order chi connectivity index (χ1) is 17.5. The Kier molecular flexibility index (Phi) is 20.0.